The predicted octanol–water partition coefficient (Wildman–Crippen LogP) is 2.98. The molecule has 6 nitrogen and oxygen atoms in total. The largest absolute Gasteiger partial charge is 0.395 e. The van der Waals surface area contributed by atoms with Crippen LogP contribution in [0.15, 0.2) is 27.2 Å². The first-order chi connectivity index (χ1) is 13.9. The summed E-state index contributed by atoms with van der Waals surface area (Å²) >= 11 is 1.27. The number of nitrogens with zero attached hydrogens (tertiary/aromatic N) is 1. The van der Waals surface area contributed by atoms with Gasteiger partial charge < -0.3 is 10.1 Å². The summed E-state index contributed by atoms with van der Waals surface area (Å²) in [6.07, 6.45) is 4.18. The summed E-state index contributed by atoms with van der Waals surface area (Å²) in [6, 6.07) is 5.60. The average Bonchev–Trinajstić information content (AvgIpc) is 3.35. The fourth-order valence-corrected chi connectivity index (χ4v) is 6.82. The highest BCUT2D eigenvalue weighted by Gasteiger charge is 2.23. The molecule has 0 unspecified atom stereocenters. The summed E-state index contributed by atoms with van der Waals surface area (Å²) in [5.74, 6) is 0.134. The van der Waals surface area contributed by atoms with Crippen molar-refractivity contribution in [3.05, 3.63) is 39.8 Å². The first kappa shape index (κ1) is 22.2. The van der Waals surface area contributed by atoms with Crippen LogP contribution in [0.3, 0.4) is 0 Å². The van der Waals surface area contributed by atoms with Gasteiger partial charge in [0.05, 0.1) is 12.4 Å². The van der Waals surface area contributed by atoms with Crippen LogP contribution in [0.1, 0.15) is 43.9 Å². The van der Waals surface area contributed by atoms with Crippen LogP contribution in [0.2, 0.25) is 0 Å². The van der Waals surface area contributed by atoms with Gasteiger partial charge in [-0.3, -0.25) is 9.69 Å². The molecule has 1 atom stereocenters. The van der Waals surface area contributed by atoms with Crippen LogP contribution in [0, 0.1) is 6.92 Å². The molecule has 0 saturated carbocycles. The molecule has 1 saturated heterocycles. The quantitative estimate of drug-likeness (QED) is 0.588. The summed E-state index contributed by atoms with van der Waals surface area (Å²) in [5, 5.41) is 9.38. The number of sulfone groups is 1. The van der Waals surface area contributed by atoms with Crippen molar-refractivity contribution in [3.63, 3.8) is 0 Å². The number of hydrogen-bond donors (Lipinski definition) is 2. The summed E-state index contributed by atoms with van der Waals surface area (Å²) in [7, 11) is -3.32. The highest BCUT2D eigenvalue weighted by Crippen LogP contribution is 2.33. The lowest BCUT2D eigenvalue weighted by atomic mass is 10.1. The molecule has 29 heavy (non-hydrogen) atoms. The zero-order chi connectivity index (χ0) is 21.0. The lowest BCUT2D eigenvalue weighted by Gasteiger charge is -2.22. The lowest BCUT2D eigenvalue weighted by Crippen LogP contribution is -2.33. The molecule has 2 N–H and O–H groups in total. The number of pyridine rings is 1. The molecule has 1 aliphatic rings. The van der Waals surface area contributed by atoms with E-state index in [2.05, 4.69) is 9.88 Å². The molecule has 1 fully saturated rings. The van der Waals surface area contributed by atoms with E-state index in [0.29, 0.717) is 22.6 Å². The van der Waals surface area contributed by atoms with Crippen molar-refractivity contribution in [1.82, 2.24) is 9.88 Å². The van der Waals surface area contributed by atoms with Crippen molar-refractivity contribution in [2.75, 3.05) is 25.4 Å². The summed E-state index contributed by atoms with van der Waals surface area (Å²) < 4.78 is 25.9. The van der Waals surface area contributed by atoms with Crippen LogP contribution in [-0.2, 0) is 16.3 Å². The van der Waals surface area contributed by atoms with Crippen molar-refractivity contribution in [1.29, 1.82) is 0 Å². The Balaban J connectivity index is 1.64. The fourth-order valence-electron chi connectivity index (χ4n) is 3.92. The molecule has 0 bridgehead atoms. The number of unbranched alkanes of at least 4 members (excludes halogenated alkanes) is 1. The van der Waals surface area contributed by atoms with Gasteiger partial charge in [-0.05, 0) is 70.3 Å². The third kappa shape index (κ3) is 5.17. The van der Waals surface area contributed by atoms with E-state index in [1.807, 2.05) is 26.0 Å². The Hall–Kier alpha value is -1.48. The highest BCUT2D eigenvalue weighted by atomic mass is 32.2. The van der Waals surface area contributed by atoms with E-state index in [-0.39, 0.29) is 24.0 Å². The number of nitrogens with one attached hydrogen (secondary N) is 1. The third-order valence-corrected chi connectivity index (χ3v) is 9.17. The van der Waals surface area contributed by atoms with Crippen molar-refractivity contribution in [2.24, 2.45) is 0 Å². The van der Waals surface area contributed by atoms with E-state index in [9.17, 15) is 18.3 Å². The van der Waals surface area contributed by atoms with E-state index in [1.165, 1.54) is 11.3 Å². The summed E-state index contributed by atoms with van der Waals surface area (Å²) in [4.78, 5) is 17.9. The van der Waals surface area contributed by atoms with Gasteiger partial charge in [-0.2, -0.15) is 0 Å². The monoisotopic (exact) mass is 438 g/mol. The van der Waals surface area contributed by atoms with E-state index in [4.69, 9.17) is 0 Å². The first-order valence-corrected chi connectivity index (χ1v) is 12.7. The number of thiophene rings is 1. The number of H-pyrrole nitrogens is 1. The number of aromatic amines is 1. The van der Waals surface area contributed by atoms with Crippen LogP contribution >= 0.6 is 11.3 Å². The number of likely N-dealkylation sites (tertiary alicyclic amines) is 1. The zero-order valence-electron chi connectivity index (χ0n) is 17.1. The minimum atomic E-state index is -3.32. The van der Waals surface area contributed by atoms with Gasteiger partial charge >= 0.3 is 0 Å². The van der Waals surface area contributed by atoms with Crippen molar-refractivity contribution in [2.45, 2.75) is 56.2 Å². The van der Waals surface area contributed by atoms with Gasteiger partial charge in [0.1, 0.15) is 4.21 Å². The number of aromatic nitrogens is 1. The molecule has 160 valence electrons. The maximum atomic E-state index is 12.8. The molecule has 0 aliphatic carbocycles. The Kier molecular flexibility index (Phi) is 7.32. The minimum absolute atomic E-state index is 0.0837. The molecule has 3 heterocycles. The van der Waals surface area contributed by atoms with Gasteiger partial charge in [-0.15, -0.1) is 11.3 Å². The molecule has 2 aromatic heterocycles. The van der Waals surface area contributed by atoms with Gasteiger partial charge in [-0.25, -0.2) is 8.42 Å². The average molecular weight is 439 g/mol. The molecule has 0 spiro atoms. The molecular formula is C21H30N2O4S2. The predicted molar refractivity (Wildman–Crippen MR) is 117 cm³/mol. The molecular weight excluding hydrogens is 408 g/mol. The van der Waals surface area contributed by atoms with Crippen LogP contribution in [-0.4, -0.2) is 54.9 Å². The number of aliphatic hydroxyl groups excluding tert-OH is 1. The molecule has 0 aromatic carbocycles. The Bertz CT molecular complexity index is 994. The van der Waals surface area contributed by atoms with Crippen LogP contribution in [0.4, 0.5) is 0 Å². The second kappa shape index (κ2) is 9.55. The molecule has 0 amide bonds. The Labute approximate surface area is 176 Å². The molecule has 1 aliphatic heterocycles. The Morgan fingerprint density at radius 3 is 2.83 bits per heavy atom. The van der Waals surface area contributed by atoms with E-state index >= 15 is 0 Å². The van der Waals surface area contributed by atoms with E-state index < -0.39 is 9.84 Å². The summed E-state index contributed by atoms with van der Waals surface area (Å²) in [5.41, 5.74) is 2.25. The highest BCUT2D eigenvalue weighted by molar-refractivity contribution is 7.93. The topological polar surface area (TPSA) is 90.5 Å². The number of hydrogen-bond acceptors (Lipinski definition) is 6. The molecule has 8 heteroatoms. The van der Waals surface area contributed by atoms with Crippen molar-refractivity contribution >= 4 is 21.2 Å². The van der Waals surface area contributed by atoms with Gasteiger partial charge in [0.2, 0.25) is 0 Å². The maximum Gasteiger partial charge on any atom is 0.251 e. The second-order valence-corrected chi connectivity index (χ2v) is 11.1. The SMILES string of the molecule is CCc1cc(-c2ccc(S(=O)(=O)CCCCN3CCC[C@@H]3CO)s2)c(C)[nH]c1=O. The van der Waals surface area contributed by atoms with Crippen molar-refractivity contribution in [3.8, 4) is 10.4 Å². The molecule has 2 aromatic rings. The smallest absolute Gasteiger partial charge is 0.251 e. The van der Waals surface area contributed by atoms with E-state index in [0.717, 1.165) is 48.5 Å². The van der Waals surface area contributed by atoms with Crippen LogP contribution < -0.4 is 5.56 Å². The Morgan fingerprint density at radius 2 is 2.10 bits per heavy atom. The van der Waals surface area contributed by atoms with Crippen molar-refractivity contribution < 1.29 is 13.5 Å². The lowest BCUT2D eigenvalue weighted by molar-refractivity contribution is 0.157. The molecule has 3 rings (SSSR count). The molecule has 0 radical (unpaired) electrons. The van der Waals surface area contributed by atoms with Gasteiger partial charge in [0, 0.05) is 27.7 Å². The summed E-state index contributed by atoms with van der Waals surface area (Å²) in [6.45, 7) is 5.78. The zero-order valence-corrected chi connectivity index (χ0v) is 18.7. The number of rotatable bonds is 9. The minimum Gasteiger partial charge on any atom is -0.395 e. The first-order valence-electron chi connectivity index (χ1n) is 10.3. The van der Waals surface area contributed by atoms with E-state index in [1.54, 1.807) is 6.07 Å². The fraction of sp³-hybridized carbons (Fsp3) is 0.571. The second-order valence-electron chi connectivity index (χ2n) is 7.68. The number of aliphatic hydroxyl groups is 1. The van der Waals surface area contributed by atoms with Crippen LogP contribution in [0.5, 0.6) is 0 Å². The maximum absolute atomic E-state index is 12.8. The van der Waals surface area contributed by atoms with Gasteiger partial charge in [-0.1, -0.05) is 6.92 Å². The Morgan fingerprint density at radius 1 is 1.31 bits per heavy atom. The van der Waals surface area contributed by atoms with Gasteiger partial charge in [0.15, 0.2) is 9.84 Å². The van der Waals surface area contributed by atoms with Gasteiger partial charge in [0.25, 0.3) is 5.56 Å². The third-order valence-electron chi connectivity index (χ3n) is 5.67. The normalized spacial score (nSPS) is 17.8. The number of aryl methyl sites for hydroxylation is 2. The van der Waals surface area contributed by atoms with Crippen LogP contribution in [0.25, 0.3) is 10.4 Å². The standard InChI is InChI=1S/C21H30N2O4S2/c1-3-16-13-18(15(2)22-21(16)25)19-8-9-20(28-19)29(26,27)12-5-4-10-23-11-6-7-17(23)14-24/h8-9,13,17,24H,3-7,10-12,14H2,1-2H3,(H,22,25)/t17-/m1/s1.